The molecular formula is C14H21NO3S. The summed E-state index contributed by atoms with van der Waals surface area (Å²) in [6, 6.07) is 7.70. The molecule has 0 amide bonds. The highest BCUT2D eigenvalue weighted by atomic mass is 32.2. The molecule has 0 radical (unpaired) electrons. The molecule has 0 aliphatic rings. The van der Waals surface area contributed by atoms with Crippen molar-refractivity contribution in [2.24, 2.45) is 5.73 Å². The average Bonchev–Trinajstić information content (AvgIpc) is 2.45. The molecule has 0 aliphatic carbocycles. The first-order chi connectivity index (χ1) is 9.17. The van der Waals surface area contributed by atoms with Gasteiger partial charge >= 0.3 is 5.97 Å². The Morgan fingerprint density at radius 1 is 1.37 bits per heavy atom. The van der Waals surface area contributed by atoms with Crippen LogP contribution in [-0.2, 0) is 9.53 Å². The fourth-order valence-corrected chi connectivity index (χ4v) is 2.30. The SMILES string of the molecule is CCCOc1ccc(C(N)CSCC(=O)OC)cc1. The maximum absolute atomic E-state index is 11.0. The summed E-state index contributed by atoms with van der Waals surface area (Å²) in [6.07, 6.45) is 0.992. The minimum absolute atomic E-state index is 0.0881. The number of hydrogen-bond acceptors (Lipinski definition) is 5. The molecule has 0 fully saturated rings. The van der Waals surface area contributed by atoms with Gasteiger partial charge in [-0.3, -0.25) is 4.79 Å². The van der Waals surface area contributed by atoms with E-state index in [1.807, 2.05) is 24.3 Å². The smallest absolute Gasteiger partial charge is 0.315 e. The molecule has 0 bridgehead atoms. The largest absolute Gasteiger partial charge is 0.494 e. The van der Waals surface area contributed by atoms with Crippen LogP contribution >= 0.6 is 11.8 Å². The van der Waals surface area contributed by atoms with Gasteiger partial charge in [-0.2, -0.15) is 0 Å². The molecule has 1 aromatic carbocycles. The number of benzene rings is 1. The van der Waals surface area contributed by atoms with E-state index in [0.717, 1.165) is 24.3 Å². The van der Waals surface area contributed by atoms with Gasteiger partial charge in [0.2, 0.25) is 0 Å². The Kier molecular flexibility index (Phi) is 7.36. The number of hydrogen-bond donors (Lipinski definition) is 1. The van der Waals surface area contributed by atoms with E-state index in [0.29, 0.717) is 11.5 Å². The third-order valence-corrected chi connectivity index (χ3v) is 3.56. The van der Waals surface area contributed by atoms with E-state index in [9.17, 15) is 4.79 Å². The second kappa shape index (κ2) is 8.82. The van der Waals surface area contributed by atoms with Gasteiger partial charge in [0.1, 0.15) is 5.75 Å². The predicted molar refractivity (Wildman–Crippen MR) is 78.5 cm³/mol. The molecule has 5 heteroatoms. The average molecular weight is 283 g/mol. The van der Waals surface area contributed by atoms with Gasteiger partial charge in [-0.15, -0.1) is 11.8 Å². The highest BCUT2D eigenvalue weighted by Gasteiger charge is 2.08. The van der Waals surface area contributed by atoms with Crippen LogP contribution in [0.15, 0.2) is 24.3 Å². The number of ether oxygens (including phenoxy) is 2. The van der Waals surface area contributed by atoms with Crippen LogP contribution in [0.5, 0.6) is 5.75 Å². The standard InChI is InChI=1S/C14H21NO3S/c1-3-8-18-12-6-4-11(5-7-12)13(15)9-19-10-14(16)17-2/h4-7,13H,3,8-10,15H2,1-2H3. The summed E-state index contributed by atoms with van der Waals surface area (Å²) in [5.74, 6) is 1.66. The van der Waals surface area contributed by atoms with E-state index in [4.69, 9.17) is 10.5 Å². The van der Waals surface area contributed by atoms with Crippen molar-refractivity contribution < 1.29 is 14.3 Å². The molecule has 0 saturated heterocycles. The van der Waals surface area contributed by atoms with Crippen molar-refractivity contribution in [3.8, 4) is 5.75 Å². The number of carbonyl (C=O) groups is 1. The monoisotopic (exact) mass is 283 g/mol. The second-order valence-corrected chi connectivity index (χ2v) is 5.15. The van der Waals surface area contributed by atoms with Gasteiger partial charge in [0.25, 0.3) is 0 Å². The lowest BCUT2D eigenvalue weighted by molar-refractivity contribution is -0.137. The lowest BCUT2D eigenvalue weighted by atomic mass is 10.1. The van der Waals surface area contributed by atoms with Crippen LogP contribution in [0, 0.1) is 0 Å². The van der Waals surface area contributed by atoms with Crippen molar-refractivity contribution >= 4 is 17.7 Å². The molecule has 0 saturated carbocycles. The Morgan fingerprint density at radius 2 is 2.05 bits per heavy atom. The third kappa shape index (κ3) is 5.98. The van der Waals surface area contributed by atoms with Crippen LogP contribution in [0.4, 0.5) is 0 Å². The predicted octanol–water partition coefficient (Wildman–Crippen LogP) is 2.38. The van der Waals surface area contributed by atoms with Crippen LogP contribution in [0.1, 0.15) is 24.9 Å². The van der Waals surface area contributed by atoms with Crippen molar-refractivity contribution in [1.82, 2.24) is 0 Å². The normalized spacial score (nSPS) is 11.9. The Labute approximate surface area is 118 Å². The molecule has 1 rings (SSSR count). The van der Waals surface area contributed by atoms with Crippen LogP contribution in [-0.4, -0.2) is 31.2 Å². The lowest BCUT2D eigenvalue weighted by Gasteiger charge is -2.12. The topological polar surface area (TPSA) is 61.5 Å². The number of rotatable bonds is 8. The van der Waals surface area contributed by atoms with Gasteiger partial charge in [-0.05, 0) is 24.1 Å². The van der Waals surface area contributed by atoms with E-state index in [-0.39, 0.29) is 12.0 Å². The molecule has 0 heterocycles. The quantitative estimate of drug-likeness (QED) is 0.742. The van der Waals surface area contributed by atoms with Crippen LogP contribution < -0.4 is 10.5 Å². The highest BCUT2D eigenvalue weighted by Crippen LogP contribution is 2.19. The number of carbonyl (C=O) groups excluding carboxylic acids is 1. The summed E-state index contributed by atoms with van der Waals surface area (Å²) < 4.78 is 10.1. The molecule has 2 N–H and O–H groups in total. The minimum atomic E-state index is -0.222. The van der Waals surface area contributed by atoms with Crippen molar-refractivity contribution in [3.63, 3.8) is 0 Å². The highest BCUT2D eigenvalue weighted by molar-refractivity contribution is 7.99. The fourth-order valence-electron chi connectivity index (χ4n) is 1.46. The van der Waals surface area contributed by atoms with E-state index >= 15 is 0 Å². The van der Waals surface area contributed by atoms with Gasteiger partial charge in [0, 0.05) is 11.8 Å². The van der Waals surface area contributed by atoms with Crippen molar-refractivity contribution in [2.45, 2.75) is 19.4 Å². The Morgan fingerprint density at radius 3 is 2.63 bits per heavy atom. The van der Waals surface area contributed by atoms with Crippen LogP contribution in [0.3, 0.4) is 0 Å². The number of esters is 1. The van der Waals surface area contributed by atoms with E-state index < -0.39 is 0 Å². The summed E-state index contributed by atoms with van der Waals surface area (Å²) in [6.45, 7) is 2.79. The third-order valence-electron chi connectivity index (χ3n) is 2.53. The zero-order chi connectivity index (χ0) is 14.1. The number of thioether (sulfide) groups is 1. The first-order valence-electron chi connectivity index (χ1n) is 6.30. The molecule has 0 aliphatic heterocycles. The van der Waals surface area contributed by atoms with Crippen LogP contribution in [0.2, 0.25) is 0 Å². The fraction of sp³-hybridized carbons (Fsp3) is 0.500. The van der Waals surface area contributed by atoms with Crippen molar-refractivity contribution in [1.29, 1.82) is 0 Å². The molecule has 1 aromatic rings. The zero-order valence-electron chi connectivity index (χ0n) is 11.4. The second-order valence-electron chi connectivity index (χ2n) is 4.12. The first-order valence-corrected chi connectivity index (χ1v) is 7.45. The van der Waals surface area contributed by atoms with E-state index in [2.05, 4.69) is 11.7 Å². The maximum atomic E-state index is 11.0. The molecule has 0 aromatic heterocycles. The lowest BCUT2D eigenvalue weighted by Crippen LogP contribution is -2.14. The Bertz CT molecular complexity index is 381. The first kappa shape index (κ1) is 15.9. The molecule has 19 heavy (non-hydrogen) atoms. The summed E-state index contributed by atoms with van der Waals surface area (Å²) >= 11 is 1.48. The van der Waals surface area contributed by atoms with Crippen molar-refractivity contribution in [2.75, 3.05) is 25.2 Å². The Hall–Kier alpha value is -1.20. The van der Waals surface area contributed by atoms with Crippen LogP contribution in [0.25, 0.3) is 0 Å². The van der Waals surface area contributed by atoms with Gasteiger partial charge in [0.15, 0.2) is 0 Å². The summed E-state index contributed by atoms with van der Waals surface area (Å²) in [5, 5.41) is 0. The molecule has 1 unspecified atom stereocenters. The summed E-state index contributed by atoms with van der Waals surface area (Å²) in [4.78, 5) is 11.0. The molecule has 4 nitrogen and oxygen atoms in total. The van der Waals surface area contributed by atoms with Gasteiger partial charge in [-0.1, -0.05) is 19.1 Å². The minimum Gasteiger partial charge on any atom is -0.494 e. The maximum Gasteiger partial charge on any atom is 0.315 e. The summed E-state index contributed by atoms with van der Waals surface area (Å²) in [7, 11) is 1.39. The van der Waals surface area contributed by atoms with E-state index in [1.165, 1.54) is 18.9 Å². The van der Waals surface area contributed by atoms with E-state index in [1.54, 1.807) is 0 Å². The zero-order valence-corrected chi connectivity index (χ0v) is 12.2. The van der Waals surface area contributed by atoms with Crippen molar-refractivity contribution in [3.05, 3.63) is 29.8 Å². The molecule has 1 atom stereocenters. The number of nitrogens with two attached hydrogens (primary N) is 1. The Balaban J connectivity index is 2.39. The summed E-state index contributed by atoms with van der Waals surface area (Å²) in [5.41, 5.74) is 7.10. The number of methoxy groups -OCH3 is 1. The van der Waals surface area contributed by atoms with Gasteiger partial charge < -0.3 is 15.2 Å². The van der Waals surface area contributed by atoms with Gasteiger partial charge in [-0.25, -0.2) is 0 Å². The molecular weight excluding hydrogens is 262 g/mol. The van der Waals surface area contributed by atoms with Gasteiger partial charge in [0.05, 0.1) is 19.5 Å². The molecule has 106 valence electrons. The molecule has 0 spiro atoms.